The Morgan fingerprint density at radius 1 is 1.13 bits per heavy atom. The number of piperazine rings is 1. The fraction of sp³-hybridized carbons (Fsp3) is 0.611. The molecule has 1 amide bonds. The third kappa shape index (κ3) is 7.51. The predicted octanol–water partition coefficient (Wildman–Crippen LogP) is 7.00. The maximum atomic E-state index is 16.3. The van der Waals surface area contributed by atoms with E-state index in [1.54, 1.807) is 11.8 Å². The number of thiol groups is 1. The maximum absolute atomic E-state index is 16.3. The first-order valence-electron chi connectivity index (χ1n) is 18.0. The van der Waals surface area contributed by atoms with Crippen LogP contribution in [-0.4, -0.2) is 99.6 Å². The molecule has 3 saturated heterocycles. The Labute approximate surface area is 310 Å². The van der Waals surface area contributed by atoms with Gasteiger partial charge in [0.1, 0.15) is 40.5 Å². The molecule has 3 fully saturated rings. The summed E-state index contributed by atoms with van der Waals surface area (Å²) < 4.78 is 97.5. The molecule has 3 aromatic rings. The van der Waals surface area contributed by atoms with E-state index in [9.17, 15) is 26.7 Å². The van der Waals surface area contributed by atoms with Crippen LogP contribution < -0.4 is 20.1 Å². The van der Waals surface area contributed by atoms with Crippen molar-refractivity contribution in [3.63, 3.8) is 0 Å². The molecule has 0 saturated carbocycles. The molecule has 0 bridgehead atoms. The number of carbonyl (C=O) groups excluding carboxylic acids is 1. The lowest BCUT2D eigenvalue weighted by Crippen LogP contribution is -2.65. The highest BCUT2D eigenvalue weighted by Crippen LogP contribution is 2.47. The van der Waals surface area contributed by atoms with Crippen LogP contribution in [-0.2, 0) is 11.0 Å². The van der Waals surface area contributed by atoms with Crippen molar-refractivity contribution in [1.29, 1.82) is 0 Å². The SMILES string of the molecule is CC.CCC(S)C(=O)N1CCN2c3nc(OC)nc4c(F)c(-c5cc(N)c(F)c(C)c5C(F)(F)F)nc(c34)OC(C)[C@@H]2[C@@H]1C.FC1CC2CCCN2C1. The third-order valence-electron chi connectivity index (χ3n) is 10.4. The molecule has 1 aromatic carbocycles. The van der Waals surface area contributed by atoms with Crippen molar-refractivity contribution in [2.45, 2.75) is 109 Å². The molecule has 10 nitrogen and oxygen atoms in total. The van der Waals surface area contributed by atoms with Crippen LogP contribution in [0.5, 0.6) is 11.9 Å². The van der Waals surface area contributed by atoms with Gasteiger partial charge in [-0.15, -0.1) is 0 Å². The number of hydrogen-bond donors (Lipinski definition) is 2. The molecule has 7 rings (SSSR count). The van der Waals surface area contributed by atoms with Crippen LogP contribution >= 0.6 is 12.6 Å². The van der Waals surface area contributed by atoms with Crippen molar-refractivity contribution in [2.24, 2.45) is 0 Å². The Kier molecular flexibility index (Phi) is 12.2. The van der Waals surface area contributed by atoms with Crippen LogP contribution in [0.1, 0.15) is 71.4 Å². The molecule has 2 N–H and O–H groups in total. The fourth-order valence-electron chi connectivity index (χ4n) is 7.89. The number of ether oxygens (including phenoxy) is 2. The van der Waals surface area contributed by atoms with Gasteiger partial charge in [0.15, 0.2) is 5.82 Å². The van der Waals surface area contributed by atoms with Gasteiger partial charge in [-0.2, -0.15) is 35.8 Å². The van der Waals surface area contributed by atoms with E-state index < -0.39 is 81.0 Å². The minimum Gasteiger partial charge on any atom is -0.472 e. The Bertz CT molecular complexity index is 1820. The number of aromatic nitrogens is 3. The number of nitrogens with zero attached hydrogens (tertiary/aromatic N) is 6. The Morgan fingerprint density at radius 3 is 2.45 bits per heavy atom. The van der Waals surface area contributed by atoms with Crippen LogP contribution in [0, 0.1) is 18.6 Å². The Morgan fingerprint density at radius 2 is 1.83 bits per heavy atom. The lowest BCUT2D eigenvalue weighted by Gasteiger charge is -2.48. The number of nitrogens with two attached hydrogens (primary N) is 1. The summed E-state index contributed by atoms with van der Waals surface area (Å²) in [5.74, 6) is -2.66. The van der Waals surface area contributed by atoms with E-state index in [0.717, 1.165) is 19.9 Å². The van der Waals surface area contributed by atoms with E-state index in [0.29, 0.717) is 31.6 Å². The molecule has 4 unspecified atom stereocenters. The number of methoxy groups -OCH3 is 1. The summed E-state index contributed by atoms with van der Waals surface area (Å²) in [6.45, 7) is 12.8. The number of hydrogen-bond acceptors (Lipinski definition) is 10. The smallest absolute Gasteiger partial charge is 0.417 e. The van der Waals surface area contributed by atoms with Crippen molar-refractivity contribution in [2.75, 3.05) is 43.9 Å². The van der Waals surface area contributed by atoms with Crippen LogP contribution in [0.3, 0.4) is 0 Å². The normalized spacial score (nSPS) is 24.2. The lowest BCUT2D eigenvalue weighted by molar-refractivity contribution is -0.138. The van der Waals surface area contributed by atoms with E-state index in [4.69, 9.17) is 15.2 Å². The van der Waals surface area contributed by atoms with Crippen molar-refractivity contribution in [3.05, 3.63) is 28.8 Å². The maximum Gasteiger partial charge on any atom is 0.417 e. The number of nitrogen functional groups attached to an aromatic ring is 1. The van der Waals surface area contributed by atoms with E-state index in [-0.39, 0.29) is 35.5 Å². The van der Waals surface area contributed by atoms with Crippen LogP contribution in [0.4, 0.5) is 37.8 Å². The van der Waals surface area contributed by atoms with Gasteiger partial charge in [-0.1, -0.05) is 20.8 Å². The zero-order valence-electron chi connectivity index (χ0n) is 30.9. The second-order valence-corrected chi connectivity index (χ2v) is 14.1. The largest absolute Gasteiger partial charge is 0.472 e. The Hall–Kier alpha value is -3.73. The number of rotatable bonds is 4. The number of benzene rings is 1. The summed E-state index contributed by atoms with van der Waals surface area (Å²) in [4.78, 5) is 31.7. The van der Waals surface area contributed by atoms with Gasteiger partial charge in [0.2, 0.25) is 11.8 Å². The van der Waals surface area contributed by atoms with Gasteiger partial charge < -0.3 is 25.0 Å². The predicted molar refractivity (Wildman–Crippen MR) is 194 cm³/mol. The summed E-state index contributed by atoms with van der Waals surface area (Å²) in [6, 6.07) is 0.128. The van der Waals surface area contributed by atoms with Crippen molar-refractivity contribution >= 4 is 40.9 Å². The Balaban J connectivity index is 0.000000421. The number of fused-ring (bicyclic) bond motifs is 3. The molecule has 2 aromatic heterocycles. The summed E-state index contributed by atoms with van der Waals surface area (Å²) >= 11 is 4.41. The fourth-order valence-corrected chi connectivity index (χ4v) is 8.04. The number of carbonyl (C=O) groups is 1. The zero-order chi connectivity index (χ0) is 39.1. The van der Waals surface area contributed by atoms with Crippen LogP contribution in [0.15, 0.2) is 6.07 Å². The van der Waals surface area contributed by atoms with Crippen LogP contribution in [0.2, 0.25) is 0 Å². The number of pyridine rings is 1. The van der Waals surface area contributed by atoms with Crippen molar-refractivity contribution < 1.29 is 40.6 Å². The molecule has 292 valence electrons. The zero-order valence-corrected chi connectivity index (χ0v) is 31.8. The molecular weight excluding hydrogens is 724 g/mol. The average Bonchev–Trinajstić information content (AvgIpc) is 3.68. The number of alkyl halides is 4. The lowest BCUT2D eigenvalue weighted by atomic mass is 9.96. The topological polar surface area (TPSA) is 110 Å². The summed E-state index contributed by atoms with van der Waals surface area (Å²) in [6.07, 6.45) is -2.43. The highest BCUT2D eigenvalue weighted by atomic mass is 32.1. The number of halogens is 6. The van der Waals surface area contributed by atoms with E-state index in [2.05, 4.69) is 32.5 Å². The first-order chi connectivity index (χ1) is 25.1. The molecule has 6 atom stereocenters. The molecule has 4 aliphatic heterocycles. The quantitative estimate of drug-likeness (QED) is 0.165. The monoisotopic (exact) mass is 771 g/mol. The molecular formula is C36H47F6N7O3S. The third-order valence-corrected chi connectivity index (χ3v) is 10.9. The number of anilines is 2. The second-order valence-electron chi connectivity index (χ2n) is 13.5. The van der Waals surface area contributed by atoms with E-state index in [1.807, 2.05) is 32.6 Å². The minimum atomic E-state index is -5.07. The number of amides is 1. The first-order valence-corrected chi connectivity index (χ1v) is 18.5. The molecule has 6 heterocycles. The average molecular weight is 772 g/mol. The van der Waals surface area contributed by atoms with Crippen LogP contribution in [0.25, 0.3) is 22.2 Å². The van der Waals surface area contributed by atoms with Gasteiger partial charge in [0, 0.05) is 31.2 Å². The van der Waals surface area contributed by atoms with Gasteiger partial charge in [0.05, 0.1) is 35.7 Å². The van der Waals surface area contributed by atoms with Gasteiger partial charge in [-0.05, 0) is 64.6 Å². The van der Waals surface area contributed by atoms with Gasteiger partial charge in [0.25, 0.3) is 0 Å². The molecule has 0 aliphatic carbocycles. The summed E-state index contributed by atoms with van der Waals surface area (Å²) in [7, 11) is 1.27. The molecule has 53 heavy (non-hydrogen) atoms. The molecule has 0 radical (unpaired) electrons. The highest BCUT2D eigenvalue weighted by molar-refractivity contribution is 7.81. The highest BCUT2D eigenvalue weighted by Gasteiger charge is 2.46. The van der Waals surface area contributed by atoms with Gasteiger partial charge in [-0.25, -0.2) is 18.2 Å². The summed E-state index contributed by atoms with van der Waals surface area (Å²) in [5, 5.41) is -0.476. The second kappa shape index (κ2) is 15.9. The standard InChI is InChI=1S/C27H29F5N6O3S.C7H12FN.C2H6/c1-6-15(42)25(39)37-7-8-38-22(11(37)3)12(4)41-24-16-21(35-26(40-5)36-23(16)38)19(29)20(34-24)13-9-14(33)18(28)10(2)17(13)27(30,31)32;8-6-4-7-2-1-3-9(7)5-6;1-2/h9,11-12,15,22,42H,6-8,33H2,1-5H3;6-7H,1-5H2;1-2H3/t11-,12?,15?,22-;;/m0../s1. The molecule has 17 heteroatoms. The summed E-state index contributed by atoms with van der Waals surface area (Å²) in [5.41, 5.74) is 0.911. The molecule has 0 spiro atoms. The van der Waals surface area contributed by atoms with E-state index in [1.165, 1.54) is 20.0 Å². The minimum absolute atomic E-state index is 0.0272. The van der Waals surface area contributed by atoms with Crippen molar-refractivity contribution in [3.8, 4) is 23.1 Å². The van der Waals surface area contributed by atoms with E-state index >= 15 is 4.39 Å². The van der Waals surface area contributed by atoms with Gasteiger partial charge in [-0.3, -0.25) is 9.69 Å². The van der Waals surface area contributed by atoms with Crippen molar-refractivity contribution in [1.82, 2.24) is 24.8 Å². The first kappa shape index (κ1) is 40.5. The van der Waals surface area contributed by atoms with Gasteiger partial charge >= 0.3 is 12.2 Å². The molecule has 4 aliphatic rings.